The summed E-state index contributed by atoms with van der Waals surface area (Å²) in [5.74, 6) is -0.331. The zero-order chi connectivity index (χ0) is 12.4. The van der Waals surface area contributed by atoms with Gasteiger partial charge in [0.15, 0.2) is 0 Å². The lowest BCUT2D eigenvalue weighted by Crippen LogP contribution is -1.99. The molecule has 2 aromatic rings. The van der Waals surface area contributed by atoms with E-state index in [4.69, 9.17) is 28.9 Å². The number of hydrogen-bond donors (Lipinski definition) is 1. The van der Waals surface area contributed by atoms with E-state index in [1.165, 1.54) is 18.2 Å². The highest BCUT2D eigenvalue weighted by atomic mass is 35.5. The molecule has 0 bridgehead atoms. The minimum atomic E-state index is -0.331. The monoisotopic (exact) mass is 305 g/mol. The molecule has 0 aromatic heterocycles. The van der Waals surface area contributed by atoms with Crippen molar-refractivity contribution >= 4 is 35.6 Å². The first kappa shape index (κ1) is 15.3. The fraction of sp³-hybridized carbons (Fsp3) is 0.0769. The van der Waals surface area contributed by atoms with E-state index in [0.29, 0.717) is 22.2 Å². The molecule has 0 unspecified atom stereocenters. The Morgan fingerprint density at radius 1 is 1.00 bits per heavy atom. The van der Waals surface area contributed by atoms with Gasteiger partial charge in [-0.2, -0.15) is 0 Å². The zero-order valence-electron chi connectivity index (χ0n) is 9.29. The number of nitrogens with two attached hydrogens (primary N) is 1. The average molecular weight is 307 g/mol. The predicted octanol–water partition coefficient (Wildman–Crippen LogP) is 4.68. The van der Waals surface area contributed by atoms with Crippen molar-refractivity contribution in [2.45, 2.75) is 6.54 Å². The highest BCUT2D eigenvalue weighted by molar-refractivity contribution is 6.33. The van der Waals surface area contributed by atoms with Gasteiger partial charge in [0.1, 0.15) is 5.82 Å². The van der Waals surface area contributed by atoms with Gasteiger partial charge in [0, 0.05) is 22.2 Å². The maximum absolute atomic E-state index is 13.2. The Kier molecular flexibility index (Phi) is 5.42. The van der Waals surface area contributed by atoms with Gasteiger partial charge in [-0.1, -0.05) is 29.3 Å². The lowest BCUT2D eigenvalue weighted by Gasteiger charge is -2.10. The summed E-state index contributed by atoms with van der Waals surface area (Å²) < 4.78 is 13.2. The molecule has 0 saturated heterocycles. The van der Waals surface area contributed by atoms with Gasteiger partial charge in [-0.25, -0.2) is 4.39 Å². The fourth-order valence-electron chi connectivity index (χ4n) is 1.70. The molecular weight excluding hydrogens is 296 g/mol. The SMILES string of the molecule is Cl.NCc1cc(Cl)ccc1-c1cc(F)ccc1Cl. The summed E-state index contributed by atoms with van der Waals surface area (Å²) >= 11 is 12.0. The van der Waals surface area contributed by atoms with Crippen LogP contribution in [0.2, 0.25) is 10.0 Å². The molecule has 96 valence electrons. The summed E-state index contributed by atoms with van der Waals surface area (Å²) in [7, 11) is 0. The molecular formula is C13H11Cl3FN. The van der Waals surface area contributed by atoms with E-state index in [9.17, 15) is 4.39 Å². The summed E-state index contributed by atoms with van der Waals surface area (Å²) in [6.07, 6.45) is 0. The first-order valence-electron chi connectivity index (χ1n) is 5.05. The summed E-state index contributed by atoms with van der Waals surface area (Å²) in [5.41, 5.74) is 7.92. The first-order chi connectivity index (χ1) is 8.11. The average Bonchev–Trinajstić information content (AvgIpc) is 2.32. The second-order valence-corrected chi connectivity index (χ2v) is 4.47. The normalized spacial score (nSPS) is 10.0. The van der Waals surface area contributed by atoms with Gasteiger partial charge in [-0.05, 0) is 41.5 Å². The molecule has 0 aliphatic carbocycles. The maximum atomic E-state index is 13.2. The van der Waals surface area contributed by atoms with E-state index in [-0.39, 0.29) is 18.2 Å². The molecule has 0 atom stereocenters. The Bertz CT molecular complexity index is 558. The van der Waals surface area contributed by atoms with Gasteiger partial charge in [-0.3, -0.25) is 0 Å². The van der Waals surface area contributed by atoms with Gasteiger partial charge < -0.3 is 5.73 Å². The van der Waals surface area contributed by atoms with Crippen molar-refractivity contribution in [2.24, 2.45) is 5.73 Å². The van der Waals surface area contributed by atoms with Crippen LogP contribution in [0.5, 0.6) is 0 Å². The van der Waals surface area contributed by atoms with Crippen LogP contribution in [0.4, 0.5) is 4.39 Å². The van der Waals surface area contributed by atoms with Crippen molar-refractivity contribution in [3.8, 4) is 11.1 Å². The molecule has 2 aromatic carbocycles. The molecule has 5 heteroatoms. The molecule has 2 rings (SSSR count). The molecule has 0 aliphatic heterocycles. The Balaban J connectivity index is 0.00000162. The standard InChI is InChI=1S/C13H10Cl2FN.ClH/c14-9-1-3-11(8(5-9)7-17)12-6-10(16)2-4-13(12)15;/h1-6H,7,17H2;1H. The molecule has 0 aliphatic rings. The second-order valence-electron chi connectivity index (χ2n) is 3.63. The van der Waals surface area contributed by atoms with Crippen molar-refractivity contribution in [3.63, 3.8) is 0 Å². The van der Waals surface area contributed by atoms with Crippen LogP contribution in [0.1, 0.15) is 5.56 Å². The van der Waals surface area contributed by atoms with Crippen molar-refractivity contribution in [1.29, 1.82) is 0 Å². The number of benzene rings is 2. The van der Waals surface area contributed by atoms with Crippen molar-refractivity contribution < 1.29 is 4.39 Å². The third-order valence-corrected chi connectivity index (χ3v) is 3.07. The Morgan fingerprint density at radius 2 is 1.72 bits per heavy atom. The van der Waals surface area contributed by atoms with Gasteiger partial charge in [-0.15, -0.1) is 12.4 Å². The number of hydrogen-bond acceptors (Lipinski definition) is 1. The third kappa shape index (κ3) is 3.15. The largest absolute Gasteiger partial charge is 0.326 e. The molecule has 0 spiro atoms. The van der Waals surface area contributed by atoms with Crippen LogP contribution < -0.4 is 5.73 Å². The Labute approximate surface area is 121 Å². The second kappa shape index (κ2) is 6.39. The van der Waals surface area contributed by atoms with Gasteiger partial charge in [0.05, 0.1) is 0 Å². The molecule has 0 radical (unpaired) electrons. The molecule has 1 nitrogen and oxygen atoms in total. The number of rotatable bonds is 2. The molecule has 0 fully saturated rings. The lowest BCUT2D eigenvalue weighted by molar-refractivity contribution is 0.628. The quantitative estimate of drug-likeness (QED) is 0.856. The molecule has 0 saturated carbocycles. The Morgan fingerprint density at radius 3 is 2.39 bits per heavy atom. The summed E-state index contributed by atoms with van der Waals surface area (Å²) in [6, 6.07) is 9.54. The van der Waals surface area contributed by atoms with E-state index in [1.54, 1.807) is 18.2 Å². The maximum Gasteiger partial charge on any atom is 0.123 e. The predicted molar refractivity (Wildman–Crippen MR) is 77.0 cm³/mol. The van der Waals surface area contributed by atoms with E-state index in [1.807, 2.05) is 0 Å². The Hall–Kier alpha value is -0.800. The van der Waals surface area contributed by atoms with Crippen LogP contribution >= 0.6 is 35.6 Å². The van der Waals surface area contributed by atoms with Gasteiger partial charge in [0.25, 0.3) is 0 Å². The van der Waals surface area contributed by atoms with Crippen LogP contribution in [0, 0.1) is 5.82 Å². The summed E-state index contributed by atoms with van der Waals surface area (Å²) in [5, 5.41) is 1.09. The molecule has 0 heterocycles. The van der Waals surface area contributed by atoms with Crippen molar-refractivity contribution in [2.75, 3.05) is 0 Å². The van der Waals surface area contributed by atoms with Crippen LogP contribution in [-0.4, -0.2) is 0 Å². The van der Waals surface area contributed by atoms with E-state index in [0.717, 1.165) is 11.1 Å². The number of halogens is 4. The zero-order valence-corrected chi connectivity index (χ0v) is 11.6. The van der Waals surface area contributed by atoms with Crippen LogP contribution in [0.25, 0.3) is 11.1 Å². The van der Waals surface area contributed by atoms with Crippen molar-refractivity contribution in [3.05, 3.63) is 57.8 Å². The van der Waals surface area contributed by atoms with Gasteiger partial charge >= 0.3 is 0 Å². The highest BCUT2D eigenvalue weighted by Gasteiger charge is 2.09. The minimum Gasteiger partial charge on any atom is -0.326 e. The lowest BCUT2D eigenvalue weighted by atomic mass is 9.99. The smallest absolute Gasteiger partial charge is 0.123 e. The van der Waals surface area contributed by atoms with Crippen molar-refractivity contribution in [1.82, 2.24) is 0 Å². The van der Waals surface area contributed by atoms with Crippen LogP contribution in [0.15, 0.2) is 36.4 Å². The summed E-state index contributed by atoms with van der Waals surface area (Å²) in [4.78, 5) is 0. The van der Waals surface area contributed by atoms with Crippen LogP contribution in [0.3, 0.4) is 0 Å². The molecule has 18 heavy (non-hydrogen) atoms. The summed E-state index contributed by atoms with van der Waals surface area (Å²) in [6.45, 7) is 0.322. The molecule has 0 amide bonds. The minimum absolute atomic E-state index is 0. The van der Waals surface area contributed by atoms with E-state index < -0.39 is 0 Å². The first-order valence-corrected chi connectivity index (χ1v) is 5.81. The molecule has 2 N–H and O–H groups in total. The highest BCUT2D eigenvalue weighted by Crippen LogP contribution is 2.32. The topological polar surface area (TPSA) is 26.0 Å². The van der Waals surface area contributed by atoms with Gasteiger partial charge in [0.2, 0.25) is 0 Å². The van der Waals surface area contributed by atoms with Crippen LogP contribution in [-0.2, 0) is 6.54 Å². The fourth-order valence-corrected chi connectivity index (χ4v) is 2.11. The van der Waals surface area contributed by atoms with E-state index in [2.05, 4.69) is 0 Å². The van der Waals surface area contributed by atoms with E-state index >= 15 is 0 Å². The third-order valence-electron chi connectivity index (χ3n) is 2.51.